The summed E-state index contributed by atoms with van der Waals surface area (Å²) in [6.07, 6.45) is 0. The number of carbonyl (C=O) groups is 1. The maximum absolute atomic E-state index is 11.5. The fourth-order valence-corrected chi connectivity index (χ4v) is 2.55. The van der Waals surface area contributed by atoms with Crippen LogP contribution < -0.4 is 5.32 Å². The van der Waals surface area contributed by atoms with Crippen LogP contribution in [0.2, 0.25) is 0 Å². The Kier molecular flexibility index (Phi) is 3.85. The smallest absolute Gasteiger partial charge is 0.356 e. The summed E-state index contributed by atoms with van der Waals surface area (Å²) in [4.78, 5) is 25.8. The number of pyridine rings is 1. The van der Waals surface area contributed by atoms with E-state index in [0.717, 1.165) is 37.5 Å². The van der Waals surface area contributed by atoms with Gasteiger partial charge in [-0.25, -0.2) is 14.8 Å². The summed E-state index contributed by atoms with van der Waals surface area (Å²) < 4.78 is 4.68. The predicted octanol–water partition coefficient (Wildman–Crippen LogP) is 0.538. The highest BCUT2D eigenvalue weighted by molar-refractivity contribution is 5.89. The van der Waals surface area contributed by atoms with Crippen LogP contribution in [0.5, 0.6) is 0 Å². The van der Waals surface area contributed by atoms with Gasteiger partial charge in [0.2, 0.25) is 0 Å². The van der Waals surface area contributed by atoms with Gasteiger partial charge in [-0.3, -0.25) is 4.90 Å². The molecular weight excluding hydrogens is 270 g/mol. The molecule has 2 N–H and O–H groups in total. The lowest BCUT2D eigenvalue weighted by molar-refractivity contribution is 0.0594. The molecule has 1 fully saturated rings. The second kappa shape index (κ2) is 5.79. The van der Waals surface area contributed by atoms with E-state index < -0.39 is 5.97 Å². The number of imidazole rings is 1. The maximum atomic E-state index is 11.5. The Bertz CT molecular complexity index is 654. The van der Waals surface area contributed by atoms with Crippen LogP contribution in [-0.2, 0) is 11.3 Å². The standard InChI is InChI=1S/C14H19N5O2/c1-9-7-15-5-6-19(9)8-12-16-10-3-4-11(14(20)21-2)17-13(10)18-12/h3-4,9,15H,5-8H2,1-2H3,(H,16,17,18)/t9-/m0/s1. The number of carbonyl (C=O) groups excluding carboxylic acids is 1. The van der Waals surface area contributed by atoms with Gasteiger partial charge in [0.15, 0.2) is 11.3 Å². The van der Waals surface area contributed by atoms with Crippen molar-refractivity contribution in [1.82, 2.24) is 25.2 Å². The molecule has 1 aliphatic heterocycles. The van der Waals surface area contributed by atoms with Gasteiger partial charge in [0, 0.05) is 25.7 Å². The Labute approximate surface area is 122 Å². The minimum Gasteiger partial charge on any atom is -0.464 e. The Balaban J connectivity index is 1.82. The number of nitrogens with one attached hydrogen (secondary N) is 2. The molecule has 0 unspecified atom stereocenters. The summed E-state index contributed by atoms with van der Waals surface area (Å²) in [5, 5.41) is 3.37. The van der Waals surface area contributed by atoms with Crippen molar-refractivity contribution in [2.24, 2.45) is 0 Å². The van der Waals surface area contributed by atoms with E-state index in [2.05, 4.69) is 36.8 Å². The number of ether oxygens (including phenoxy) is 1. The van der Waals surface area contributed by atoms with Crippen LogP contribution >= 0.6 is 0 Å². The number of hydrogen-bond acceptors (Lipinski definition) is 6. The average Bonchev–Trinajstić information content (AvgIpc) is 2.90. The molecule has 2 aromatic heterocycles. The normalized spacial score (nSPS) is 19.8. The van der Waals surface area contributed by atoms with Crippen molar-refractivity contribution in [2.75, 3.05) is 26.7 Å². The summed E-state index contributed by atoms with van der Waals surface area (Å²) in [6, 6.07) is 3.90. The first-order valence-electron chi connectivity index (χ1n) is 7.06. The summed E-state index contributed by atoms with van der Waals surface area (Å²) in [5.41, 5.74) is 1.67. The van der Waals surface area contributed by atoms with Crippen LogP contribution in [0.25, 0.3) is 11.2 Å². The molecule has 1 aliphatic rings. The molecule has 1 saturated heterocycles. The van der Waals surface area contributed by atoms with E-state index in [4.69, 9.17) is 0 Å². The summed E-state index contributed by atoms with van der Waals surface area (Å²) in [7, 11) is 1.35. The number of nitrogens with zero attached hydrogens (tertiary/aromatic N) is 3. The number of H-pyrrole nitrogens is 1. The van der Waals surface area contributed by atoms with E-state index in [1.165, 1.54) is 7.11 Å². The Morgan fingerprint density at radius 2 is 2.33 bits per heavy atom. The van der Waals surface area contributed by atoms with E-state index >= 15 is 0 Å². The van der Waals surface area contributed by atoms with Crippen LogP contribution in [-0.4, -0.2) is 58.6 Å². The van der Waals surface area contributed by atoms with E-state index in [0.29, 0.717) is 11.7 Å². The van der Waals surface area contributed by atoms with Crippen molar-refractivity contribution < 1.29 is 9.53 Å². The fourth-order valence-electron chi connectivity index (χ4n) is 2.55. The molecule has 0 aromatic carbocycles. The van der Waals surface area contributed by atoms with Crippen molar-refractivity contribution in [1.29, 1.82) is 0 Å². The lowest BCUT2D eigenvalue weighted by atomic mass is 10.2. The minimum atomic E-state index is -0.441. The third-order valence-electron chi connectivity index (χ3n) is 3.78. The summed E-state index contributed by atoms with van der Waals surface area (Å²) >= 11 is 0. The van der Waals surface area contributed by atoms with Crippen molar-refractivity contribution in [3.63, 3.8) is 0 Å². The lowest BCUT2D eigenvalue weighted by Gasteiger charge is -2.33. The number of fused-ring (bicyclic) bond motifs is 1. The van der Waals surface area contributed by atoms with Gasteiger partial charge in [-0.15, -0.1) is 0 Å². The van der Waals surface area contributed by atoms with Gasteiger partial charge in [-0.05, 0) is 19.1 Å². The second-order valence-electron chi connectivity index (χ2n) is 5.26. The zero-order chi connectivity index (χ0) is 14.8. The number of esters is 1. The molecule has 2 aromatic rings. The average molecular weight is 289 g/mol. The molecule has 21 heavy (non-hydrogen) atoms. The molecule has 0 saturated carbocycles. The van der Waals surface area contributed by atoms with Gasteiger partial charge in [-0.1, -0.05) is 0 Å². The second-order valence-corrected chi connectivity index (χ2v) is 5.26. The van der Waals surface area contributed by atoms with E-state index in [-0.39, 0.29) is 5.69 Å². The molecule has 0 aliphatic carbocycles. The Morgan fingerprint density at radius 3 is 3.10 bits per heavy atom. The molecule has 0 spiro atoms. The quantitative estimate of drug-likeness (QED) is 0.802. The first-order valence-corrected chi connectivity index (χ1v) is 7.06. The van der Waals surface area contributed by atoms with Crippen molar-refractivity contribution in [3.8, 4) is 0 Å². The molecule has 7 nitrogen and oxygen atoms in total. The minimum absolute atomic E-state index is 0.288. The number of rotatable bonds is 3. The molecule has 7 heteroatoms. The third kappa shape index (κ3) is 2.88. The topological polar surface area (TPSA) is 83.1 Å². The van der Waals surface area contributed by atoms with Gasteiger partial charge in [0.25, 0.3) is 0 Å². The van der Waals surface area contributed by atoms with E-state index in [9.17, 15) is 4.79 Å². The highest BCUT2D eigenvalue weighted by atomic mass is 16.5. The predicted molar refractivity (Wildman–Crippen MR) is 78.0 cm³/mol. The monoisotopic (exact) mass is 289 g/mol. The Morgan fingerprint density at radius 1 is 1.48 bits per heavy atom. The Hall–Kier alpha value is -1.99. The summed E-state index contributed by atoms with van der Waals surface area (Å²) in [5.74, 6) is 0.428. The van der Waals surface area contributed by atoms with Crippen LogP contribution in [0.15, 0.2) is 12.1 Å². The lowest BCUT2D eigenvalue weighted by Crippen LogP contribution is -2.49. The maximum Gasteiger partial charge on any atom is 0.356 e. The van der Waals surface area contributed by atoms with Gasteiger partial charge >= 0.3 is 5.97 Å². The molecule has 0 radical (unpaired) electrons. The third-order valence-corrected chi connectivity index (χ3v) is 3.78. The number of aromatic nitrogens is 3. The summed E-state index contributed by atoms with van der Waals surface area (Å²) in [6.45, 7) is 5.94. The highest BCUT2D eigenvalue weighted by Crippen LogP contribution is 2.13. The van der Waals surface area contributed by atoms with Gasteiger partial charge in [0.05, 0.1) is 13.7 Å². The number of aromatic amines is 1. The van der Waals surface area contributed by atoms with E-state index in [1.807, 2.05) is 0 Å². The molecule has 1 atom stereocenters. The molecule has 0 amide bonds. The van der Waals surface area contributed by atoms with Crippen molar-refractivity contribution in [2.45, 2.75) is 19.5 Å². The zero-order valence-electron chi connectivity index (χ0n) is 12.2. The first kappa shape index (κ1) is 14.0. The number of piperazine rings is 1. The van der Waals surface area contributed by atoms with Crippen molar-refractivity contribution in [3.05, 3.63) is 23.7 Å². The molecule has 0 bridgehead atoms. The number of methoxy groups -OCH3 is 1. The van der Waals surface area contributed by atoms with Gasteiger partial charge < -0.3 is 15.0 Å². The first-order chi connectivity index (χ1) is 10.2. The molecule has 3 heterocycles. The van der Waals surface area contributed by atoms with Crippen LogP contribution in [0, 0.1) is 0 Å². The molecule has 3 rings (SSSR count). The van der Waals surface area contributed by atoms with Crippen molar-refractivity contribution >= 4 is 17.1 Å². The number of hydrogen-bond donors (Lipinski definition) is 2. The fraction of sp³-hybridized carbons (Fsp3) is 0.500. The molecular formula is C14H19N5O2. The highest BCUT2D eigenvalue weighted by Gasteiger charge is 2.19. The SMILES string of the molecule is COC(=O)c1ccc2nc(CN3CCNC[C@@H]3C)[nH]c2n1. The van der Waals surface area contributed by atoms with Crippen LogP contribution in [0.3, 0.4) is 0 Å². The zero-order valence-corrected chi connectivity index (χ0v) is 12.2. The largest absolute Gasteiger partial charge is 0.464 e. The van der Waals surface area contributed by atoms with Crippen LogP contribution in [0.1, 0.15) is 23.2 Å². The van der Waals surface area contributed by atoms with E-state index in [1.54, 1.807) is 12.1 Å². The van der Waals surface area contributed by atoms with Gasteiger partial charge in [-0.2, -0.15) is 0 Å². The van der Waals surface area contributed by atoms with Crippen LogP contribution in [0.4, 0.5) is 0 Å². The van der Waals surface area contributed by atoms with Gasteiger partial charge in [0.1, 0.15) is 11.3 Å². The molecule has 112 valence electrons.